The fraction of sp³-hybridized carbons (Fsp3) is 0.0833. The van der Waals surface area contributed by atoms with Gasteiger partial charge in [0.05, 0.1) is 17.6 Å². The van der Waals surface area contributed by atoms with Gasteiger partial charge in [-0.05, 0) is 12.1 Å². The lowest BCUT2D eigenvalue weighted by Gasteiger charge is -1.98. The SMILES string of the molecule is Br.C#CCc1ccc2ccccc2n1. The molecule has 0 bridgehead atoms. The first-order valence-corrected chi connectivity index (χ1v) is 4.18. The second kappa shape index (κ2) is 4.78. The lowest BCUT2D eigenvalue weighted by Crippen LogP contribution is -1.87. The van der Waals surface area contributed by atoms with Crippen LogP contribution in [0.25, 0.3) is 10.9 Å². The normalized spacial score (nSPS) is 9.07. The number of pyridine rings is 1. The summed E-state index contributed by atoms with van der Waals surface area (Å²) in [5, 5.41) is 1.16. The Balaban J connectivity index is 0.000000980. The molecule has 1 nitrogen and oxygen atoms in total. The molecule has 0 saturated heterocycles. The Morgan fingerprint density at radius 1 is 1.14 bits per heavy atom. The Labute approximate surface area is 93.9 Å². The summed E-state index contributed by atoms with van der Waals surface area (Å²) in [7, 11) is 0. The molecule has 2 aromatic rings. The van der Waals surface area contributed by atoms with Crippen molar-refractivity contribution in [3.05, 3.63) is 42.1 Å². The van der Waals surface area contributed by atoms with Crippen molar-refractivity contribution in [1.29, 1.82) is 0 Å². The van der Waals surface area contributed by atoms with Crippen LogP contribution in [0.4, 0.5) is 0 Å². The molecule has 0 spiro atoms. The van der Waals surface area contributed by atoms with E-state index in [2.05, 4.69) is 17.0 Å². The molecule has 1 aromatic heterocycles. The first-order chi connectivity index (χ1) is 6.40. The molecule has 0 atom stereocenters. The molecule has 70 valence electrons. The number of rotatable bonds is 1. The number of fused-ring (bicyclic) bond motifs is 1. The van der Waals surface area contributed by atoms with Crippen molar-refractivity contribution in [2.24, 2.45) is 0 Å². The molecule has 0 amide bonds. The number of benzene rings is 1. The van der Waals surface area contributed by atoms with Crippen molar-refractivity contribution in [3.63, 3.8) is 0 Å². The van der Waals surface area contributed by atoms with Gasteiger partial charge in [-0.25, -0.2) is 0 Å². The minimum absolute atomic E-state index is 0. The van der Waals surface area contributed by atoms with E-state index in [-0.39, 0.29) is 17.0 Å². The molecule has 0 aliphatic carbocycles. The van der Waals surface area contributed by atoms with Gasteiger partial charge in [0, 0.05) is 5.39 Å². The topological polar surface area (TPSA) is 12.9 Å². The monoisotopic (exact) mass is 247 g/mol. The minimum Gasteiger partial charge on any atom is -0.252 e. The summed E-state index contributed by atoms with van der Waals surface area (Å²) in [4.78, 5) is 4.42. The molecule has 0 N–H and O–H groups in total. The van der Waals surface area contributed by atoms with Gasteiger partial charge < -0.3 is 0 Å². The van der Waals surface area contributed by atoms with Crippen LogP contribution in [0.3, 0.4) is 0 Å². The van der Waals surface area contributed by atoms with Crippen LogP contribution in [-0.4, -0.2) is 4.98 Å². The van der Waals surface area contributed by atoms with E-state index in [1.807, 2.05) is 30.3 Å². The third-order valence-electron chi connectivity index (χ3n) is 1.94. The maximum Gasteiger partial charge on any atom is 0.0705 e. The van der Waals surface area contributed by atoms with Gasteiger partial charge in [-0.15, -0.1) is 29.3 Å². The van der Waals surface area contributed by atoms with Crippen molar-refractivity contribution < 1.29 is 0 Å². The molecule has 1 aromatic carbocycles. The van der Waals surface area contributed by atoms with E-state index in [0.29, 0.717) is 6.42 Å². The average molecular weight is 248 g/mol. The zero-order chi connectivity index (χ0) is 9.10. The van der Waals surface area contributed by atoms with Crippen molar-refractivity contribution >= 4 is 27.9 Å². The van der Waals surface area contributed by atoms with Gasteiger partial charge >= 0.3 is 0 Å². The fourth-order valence-electron chi connectivity index (χ4n) is 1.31. The van der Waals surface area contributed by atoms with Gasteiger partial charge in [0.1, 0.15) is 0 Å². The van der Waals surface area contributed by atoms with Gasteiger partial charge in [-0.2, -0.15) is 0 Å². The number of halogens is 1. The molecule has 1 heterocycles. The van der Waals surface area contributed by atoms with Crippen LogP contribution in [0.5, 0.6) is 0 Å². The van der Waals surface area contributed by atoms with Gasteiger partial charge in [0.2, 0.25) is 0 Å². The summed E-state index contributed by atoms with van der Waals surface area (Å²) in [5.74, 6) is 2.59. The predicted octanol–water partition coefficient (Wildman–Crippen LogP) is 2.99. The van der Waals surface area contributed by atoms with E-state index in [1.54, 1.807) is 0 Å². The predicted molar refractivity (Wildman–Crippen MR) is 64.6 cm³/mol. The van der Waals surface area contributed by atoms with Crippen LogP contribution >= 0.6 is 17.0 Å². The van der Waals surface area contributed by atoms with Crippen LogP contribution in [-0.2, 0) is 6.42 Å². The third kappa shape index (κ3) is 2.12. The molecule has 0 aliphatic heterocycles. The van der Waals surface area contributed by atoms with Crippen molar-refractivity contribution in [1.82, 2.24) is 4.98 Å². The van der Waals surface area contributed by atoms with E-state index in [4.69, 9.17) is 6.42 Å². The Morgan fingerprint density at radius 2 is 1.93 bits per heavy atom. The summed E-state index contributed by atoms with van der Waals surface area (Å²) in [6.07, 6.45) is 5.82. The molecule has 0 unspecified atom stereocenters. The quantitative estimate of drug-likeness (QED) is 0.707. The molecule has 2 heteroatoms. The second-order valence-electron chi connectivity index (χ2n) is 2.88. The number of terminal acetylenes is 1. The molecular formula is C12H10BrN. The Kier molecular flexibility index (Phi) is 3.67. The highest BCUT2D eigenvalue weighted by atomic mass is 79.9. The van der Waals surface area contributed by atoms with Crippen molar-refractivity contribution in [3.8, 4) is 12.3 Å². The molecule has 0 aliphatic rings. The van der Waals surface area contributed by atoms with Crippen LogP contribution in [0.2, 0.25) is 0 Å². The first kappa shape index (κ1) is 10.7. The minimum atomic E-state index is 0. The lowest BCUT2D eigenvalue weighted by atomic mass is 10.2. The van der Waals surface area contributed by atoms with E-state index in [9.17, 15) is 0 Å². The fourth-order valence-corrected chi connectivity index (χ4v) is 1.31. The summed E-state index contributed by atoms with van der Waals surface area (Å²) >= 11 is 0. The molecule has 2 rings (SSSR count). The maximum absolute atomic E-state index is 5.21. The molecule has 0 radical (unpaired) electrons. The molecule has 0 saturated carbocycles. The smallest absolute Gasteiger partial charge is 0.0705 e. The van der Waals surface area contributed by atoms with E-state index in [0.717, 1.165) is 16.6 Å². The molecule has 14 heavy (non-hydrogen) atoms. The molecule has 0 fully saturated rings. The van der Waals surface area contributed by atoms with E-state index < -0.39 is 0 Å². The summed E-state index contributed by atoms with van der Waals surface area (Å²) in [6.45, 7) is 0. The van der Waals surface area contributed by atoms with Crippen LogP contribution < -0.4 is 0 Å². The van der Waals surface area contributed by atoms with Gasteiger partial charge in [-0.1, -0.05) is 24.3 Å². The number of aromatic nitrogens is 1. The van der Waals surface area contributed by atoms with E-state index in [1.165, 1.54) is 0 Å². The Hall–Kier alpha value is -1.33. The highest BCUT2D eigenvalue weighted by Crippen LogP contribution is 2.11. The standard InChI is InChI=1S/C12H9N.BrH/c1-2-5-11-9-8-10-6-3-4-7-12(10)13-11;/h1,3-4,6-9H,5H2;1H. The maximum atomic E-state index is 5.21. The summed E-state index contributed by atoms with van der Waals surface area (Å²) in [5.41, 5.74) is 1.97. The highest BCUT2D eigenvalue weighted by Gasteiger charge is 1.94. The third-order valence-corrected chi connectivity index (χ3v) is 1.94. The lowest BCUT2D eigenvalue weighted by molar-refractivity contribution is 1.17. The summed E-state index contributed by atoms with van der Waals surface area (Å²) in [6, 6.07) is 12.0. The van der Waals surface area contributed by atoms with Crippen LogP contribution in [0.15, 0.2) is 36.4 Å². The van der Waals surface area contributed by atoms with Crippen molar-refractivity contribution in [2.75, 3.05) is 0 Å². The number of nitrogens with zero attached hydrogens (tertiary/aromatic N) is 1. The van der Waals surface area contributed by atoms with E-state index >= 15 is 0 Å². The largest absolute Gasteiger partial charge is 0.252 e. The van der Waals surface area contributed by atoms with Crippen molar-refractivity contribution in [2.45, 2.75) is 6.42 Å². The number of para-hydroxylation sites is 1. The second-order valence-corrected chi connectivity index (χ2v) is 2.88. The van der Waals surface area contributed by atoms with Gasteiger partial charge in [0.15, 0.2) is 0 Å². The van der Waals surface area contributed by atoms with Gasteiger partial charge in [-0.3, -0.25) is 4.98 Å². The number of hydrogen-bond acceptors (Lipinski definition) is 1. The number of hydrogen-bond donors (Lipinski definition) is 0. The zero-order valence-electron chi connectivity index (χ0n) is 7.60. The van der Waals surface area contributed by atoms with Crippen LogP contribution in [0, 0.1) is 12.3 Å². The first-order valence-electron chi connectivity index (χ1n) is 4.18. The van der Waals surface area contributed by atoms with Crippen LogP contribution in [0.1, 0.15) is 5.69 Å². The average Bonchev–Trinajstić information content (AvgIpc) is 2.18. The Bertz CT molecular complexity index is 471. The Morgan fingerprint density at radius 3 is 2.71 bits per heavy atom. The molecular weight excluding hydrogens is 238 g/mol. The van der Waals surface area contributed by atoms with Gasteiger partial charge in [0.25, 0.3) is 0 Å². The zero-order valence-corrected chi connectivity index (χ0v) is 9.32. The summed E-state index contributed by atoms with van der Waals surface area (Å²) < 4.78 is 0. The highest BCUT2D eigenvalue weighted by molar-refractivity contribution is 8.93.